The van der Waals surface area contributed by atoms with Gasteiger partial charge in [0.25, 0.3) is 6.01 Å². The largest absolute Gasteiger partial charge is 0.423 e. The Labute approximate surface area is 157 Å². The molecule has 0 saturated heterocycles. The number of hydrogen-bond donors (Lipinski definition) is 1. The summed E-state index contributed by atoms with van der Waals surface area (Å²) in [5.74, 6) is 0.777. The Morgan fingerprint density at radius 2 is 1.46 bits per heavy atom. The summed E-state index contributed by atoms with van der Waals surface area (Å²) in [6.45, 7) is 0. The van der Waals surface area contributed by atoms with Crippen molar-refractivity contribution in [1.29, 1.82) is 0 Å². The summed E-state index contributed by atoms with van der Waals surface area (Å²) in [6, 6.07) is 28.2. The first-order chi connectivity index (χ1) is 12.8. The van der Waals surface area contributed by atoms with E-state index < -0.39 is 0 Å². The molecule has 3 aromatic carbocycles. The molecule has 0 amide bonds. The van der Waals surface area contributed by atoms with E-state index in [4.69, 9.17) is 16.0 Å². The predicted molar refractivity (Wildman–Crippen MR) is 106 cm³/mol. The molecule has 0 unspecified atom stereocenters. The number of oxazole rings is 1. The van der Waals surface area contributed by atoms with Crippen molar-refractivity contribution in [3.05, 3.63) is 101 Å². The maximum atomic E-state index is 6.05. The molecule has 128 valence electrons. The first kappa shape index (κ1) is 16.4. The second-order valence-electron chi connectivity index (χ2n) is 5.96. The number of benzene rings is 3. The Hall–Kier alpha value is -3.04. The topological polar surface area (TPSA) is 38.1 Å². The molecule has 1 aromatic heterocycles. The van der Waals surface area contributed by atoms with Crippen LogP contribution in [0.4, 0.5) is 11.7 Å². The quantitative estimate of drug-likeness (QED) is 0.452. The smallest absolute Gasteiger partial charge is 0.299 e. The third-order valence-electron chi connectivity index (χ3n) is 4.04. The molecule has 0 aliphatic rings. The summed E-state index contributed by atoms with van der Waals surface area (Å²) >= 11 is 5.99. The van der Waals surface area contributed by atoms with E-state index in [1.54, 1.807) is 0 Å². The van der Waals surface area contributed by atoms with Crippen LogP contribution in [0.3, 0.4) is 0 Å². The van der Waals surface area contributed by atoms with Gasteiger partial charge in [0, 0.05) is 22.7 Å². The van der Waals surface area contributed by atoms with Gasteiger partial charge in [0.15, 0.2) is 5.76 Å². The van der Waals surface area contributed by atoms with Crippen LogP contribution < -0.4 is 5.32 Å². The minimum atomic E-state index is 0.485. The molecule has 0 bridgehead atoms. The van der Waals surface area contributed by atoms with Gasteiger partial charge in [-0.2, -0.15) is 4.98 Å². The number of nitrogens with zero attached hydrogens (tertiary/aromatic N) is 1. The molecule has 1 heterocycles. The Morgan fingerprint density at radius 1 is 0.808 bits per heavy atom. The molecule has 26 heavy (non-hydrogen) atoms. The molecular weight excluding hydrogens is 344 g/mol. The van der Waals surface area contributed by atoms with E-state index in [1.165, 1.54) is 0 Å². The molecule has 0 saturated carbocycles. The highest BCUT2D eigenvalue weighted by Gasteiger charge is 2.16. The number of rotatable bonds is 5. The molecule has 4 rings (SSSR count). The maximum absolute atomic E-state index is 6.05. The fourth-order valence-electron chi connectivity index (χ4n) is 2.78. The molecule has 0 radical (unpaired) electrons. The van der Waals surface area contributed by atoms with Crippen molar-refractivity contribution in [2.75, 3.05) is 5.32 Å². The van der Waals surface area contributed by atoms with Crippen molar-refractivity contribution in [3.63, 3.8) is 0 Å². The minimum absolute atomic E-state index is 0.485. The van der Waals surface area contributed by atoms with Crippen molar-refractivity contribution in [3.8, 4) is 11.3 Å². The first-order valence-electron chi connectivity index (χ1n) is 8.39. The van der Waals surface area contributed by atoms with Gasteiger partial charge in [0.2, 0.25) is 0 Å². The van der Waals surface area contributed by atoms with Gasteiger partial charge in [0.05, 0.1) is 5.69 Å². The molecular formula is C22H17ClN2O. The number of nitrogens with one attached hydrogen (secondary N) is 1. The van der Waals surface area contributed by atoms with E-state index in [-0.39, 0.29) is 0 Å². The van der Waals surface area contributed by atoms with Crippen molar-refractivity contribution in [1.82, 2.24) is 4.98 Å². The van der Waals surface area contributed by atoms with Crippen LogP contribution in [0.15, 0.2) is 89.3 Å². The zero-order valence-corrected chi connectivity index (χ0v) is 14.8. The monoisotopic (exact) mass is 360 g/mol. The average Bonchev–Trinajstić information content (AvgIpc) is 3.07. The summed E-state index contributed by atoms with van der Waals surface area (Å²) in [5, 5.41) is 3.96. The third-order valence-corrected chi connectivity index (χ3v) is 4.30. The van der Waals surface area contributed by atoms with Crippen molar-refractivity contribution in [2.24, 2.45) is 0 Å². The van der Waals surface area contributed by atoms with Gasteiger partial charge in [-0.3, -0.25) is 0 Å². The van der Waals surface area contributed by atoms with Gasteiger partial charge in [-0.05, 0) is 29.8 Å². The second kappa shape index (κ2) is 7.46. The number of halogens is 1. The number of aromatic nitrogens is 1. The minimum Gasteiger partial charge on any atom is -0.423 e. The van der Waals surface area contributed by atoms with E-state index in [0.29, 0.717) is 12.4 Å². The number of para-hydroxylation sites is 1. The van der Waals surface area contributed by atoms with E-state index in [2.05, 4.69) is 10.3 Å². The maximum Gasteiger partial charge on any atom is 0.299 e. The summed E-state index contributed by atoms with van der Waals surface area (Å²) in [6.07, 6.45) is 0.668. The van der Waals surface area contributed by atoms with Crippen LogP contribution >= 0.6 is 11.6 Å². The van der Waals surface area contributed by atoms with E-state index in [1.807, 2.05) is 84.9 Å². The molecule has 0 atom stereocenters. The van der Waals surface area contributed by atoms with Crippen LogP contribution in [-0.2, 0) is 6.42 Å². The van der Waals surface area contributed by atoms with E-state index in [0.717, 1.165) is 33.3 Å². The molecule has 4 heteroatoms. The molecule has 0 aliphatic carbocycles. The summed E-state index contributed by atoms with van der Waals surface area (Å²) < 4.78 is 6.05. The van der Waals surface area contributed by atoms with E-state index in [9.17, 15) is 0 Å². The Kier molecular flexibility index (Phi) is 4.71. The highest BCUT2D eigenvalue weighted by Crippen LogP contribution is 2.30. The summed E-state index contributed by atoms with van der Waals surface area (Å²) in [4.78, 5) is 4.69. The van der Waals surface area contributed by atoms with E-state index >= 15 is 0 Å². The standard InChI is InChI=1S/C22H17ClN2O/c23-18-13-11-16(12-14-18)15-20-21(17-7-3-1-4-8-17)26-22(25-20)24-19-9-5-2-6-10-19/h1-14H,15H2,(H,24,25). The lowest BCUT2D eigenvalue weighted by atomic mass is 10.1. The molecule has 3 nitrogen and oxygen atoms in total. The Morgan fingerprint density at radius 3 is 2.15 bits per heavy atom. The van der Waals surface area contributed by atoms with Gasteiger partial charge in [-0.25, -0.2) is 0 Å². The van der Waals surface area contributed by atoms with Crippen molar-refractivity contribution < 1.29 is 4.42 Å². The van der Waals surface area contributed by atoms with Crippen LogP contribution in [0.1, 0.15) is 11.3 Å². The zero-order valence-electron chi connectivity index (χ0n) is 14.0. The van der Waals surface area contributed by atoms with Crippen molar-refractivity contribution >= 4 is 23.3 Å². The lowest BCUT2D eigenvalue weighted by Crippen LogP contribution is -1.93. The highest BCUT2D eigenvalue weighted by molar-refractivity contribution is 6.30. The zero-order chi connectivity index (χ0) is 17.8. The first-order valence-corrected chi connectivity index (χ1v) is 8.77. The lowest BCUT2D eigenvalue weighted by Gasteiger charge is -2.02. The number of anilines is 2. The van der Waals surface area contributed by atoms with Gasteiger partial charge >= 0.3 is 0 Å². The highest BCUT2D eigenvalue weighted by atomic mass is 35.5. The van der Waals surface area contributed by atoms with Gasteiger partial charge < -0.3 is 9.73 Å². The van der Waals surface area contributed by atoms with Crippen LogP contribution in [-0.4, -0.2) is 4.98 Å². The predicted octanol–water partition coefficient (Wildman–Crippen LogP) is 6.33. The third kappa shape index (κ3) is 3.79. The fourth-order valence-corrected chi connectivity index (χ4v) is 2.91. The SMILES string of the molecule is Clc1ccc(Cc2nc(Nc3ccccc3)oc2-c2ccccc2)cc1. The molecule has 0 spiro atoms. The van der Waals surface area contributed by atoms with Crippen LogP contribution in [0.2, 0.25) is 5.02 Å². The van der Waals surface area contributed by atoms with Gasteiger partial charge in [-0.15, -0.1) is 0 Å². The Bertz CT molecular complexity index is 980. The Balaban J connectivity index is 1.69. The van der Waals surface area contributed by atoms with Gasteiger partial charge in [-0.1, -0.05) is 72.3 Å². The van der Waals surface area contributed by atoms with Crippen LogP contribution in [0.5, 0.6) is 0 Å². The van der Waals surface area contributed by atoms with Crippen molar-refractivity contribution in [2.45, 2.75) is 6.42 Å². The molecule has 4 aromatic rings. The second-order valence-corrected chi connectivity index (χ2v) is 6.39. The summed E-state index contributed by atoms with van der Waals surface area (Å²) in [7, 11) is 0. The van der Waals surface area contributed by atoms with Crippen LogP contribution in [0, 0.1) is 0 Å². The summed E-state index contributed by atoms with van der Waals surface area (Å²) in [5.41, 5.74) is 3.96. The fraction of sp³-hybridized carbons (Fsp3) is 0.0455. The molecule has 0 aliphatic heterocycles. The molecule has 0 fully saturated rings. The van der Waals surface area contributed by atoms with Gasteiger partial charge in [0.1, 0.15) is 0 Å². The normalized spacial score (nSPS) is 10.7. The van der Waals surface area contributed by atoms with Crippen LogP contribution in [0.25, 0.3) is 11.3 Å². The average molecular weight is 361 g/mol. The molecule has 1 N–H and O–H groups in total. The lowest BCUT2D eigenvalue weighted by molar-refractivity contribution is 0.591. The number of hydrogen-bond acceptors (Lipinski definition) is 3.